The molecular weight excluding hydrogens is 378 g/mol. The SMILES string of the molecule is Cc1ccc(-c2c(CC(=O)NC3CC3)c(C)nc(CC(C)C)c2CNC(=O)O)cc1. The quantitative estimate of drug-likeness (QED) is 0.611. The number of nitrogens with one attached hydrogen (secondary N) is 2. The van der Waals surface area contributed by atoms with Crippen LogP contribution in [0.15, 0.2) is 24.3 Å². The van der Waals surface area contributed by atoms with Crippen LogP contribution in [0.1, 0.15) is 54.8 Å². The lowest BCUT2D eigenvalue weighted by Gasteiger charge is -2.22. The van der Waals surface area contributed by atoms with Crippen LogP contribution in [0.25, 0.3) is 11.1 Å². The molecule has 160 valence electrons. The molecule has 0 aliphatic heterocycles. The lowest BCUT2D eigenvalue weighted by Crippen LogP contribution is -2.28. The summed E-state index contributed by atoms with van der Waals surface area (Å²) in [4.78, 5) is 28.7. The lowest BCUT2D eigenvalue weighted by molar-refractivity contribution is -0.120. The Morgan fingerprint density at radius 3 is 2.37 bits per heavy atom. The molecule has 0 atom stereocenters. The van der Waals surface area contributed by atoms with Gasteiger partial charge in [0.05, 0.1) is 6.42 Å². The standard InChI is InChI=1S/C24H31N3O3/c1-14(2)11-21-20(13-25-24(29)30)23(17-7-5-15(3)6-8-17)19(16(4)26-21)12-22(28)27-18-9-10-18/h5-8,14,18,25H,9-13H2,1-4H3,(H,27,28)(H,29,30). The number of nitrogens with zero attached hydrogens (tertiary/aromatic N) is 1. The van der Waals surface area contributed by atoms with Crippen molar-refractivity contribution in [3.63, 3.8) is 0 Å². The molecule has 6 heteroatoms. The summed E-state index contributed by atoms with van der Waals surface area (Å²) in [6.07, 6.45) is 1.98. The van der Waals surface area contributed by atoms with Crippen LogP contribution in [0.4, 0.5) is 4.79 Å². The van der Waals surface area contributed by atoms with Crippen LogP contribution in [-0.2, 0) is 24.2 Å². The van der Waals surface area contributed by atoms with Gasteiger partial charge in [0.1, 0.15) is 0 Å². The highest BCUT2D eigenvalue weighted by molar-refractivity contribution is 5.84. The highest BCUT2D eigenvalue weighted by Crippen LogP contribution is 2.33. The summed E-state index contributed by atoms with van der Waals surface area (Å²) in [7, 11) is 0. The van der Waals surface area contributed by atoms with E-state index in [0.717, 1.165) is 58.5 Å². The third kappa shape index (κ3) is 5.59. The topological polar surface area (TPSA) is 91.3 Å². The van der Waals surface area contributed by atoms with Crippen molar-refractivity contribution in [2.45, 2.75) is 66.0 Å². The van der Waals surface area contributed by atoms with Gasteiger partial charge in [0.25, 0.3) is 0 Å². The van der Waals surface area contributed by atoms with Gasteiger partial charge >= 0.3 is 6.09 Å². The minimum Gasteiger partial charge on any atom is -0.465 e. The predicted octanol–water partition coefficient (Wildman–Crippen LogP) is 4.15. The minimum absolute atomic E-state index is 0.00971. The van der Waals surface area contributed by atoms with Gasteiger partial charge in [-0.15, -0.1) is 0 Å². The molecule has 1 aliphatic carbocycles. The Bertz CT molecular complexity index is 932. The summed E-state index contributed by atoms with van der Waals surface area (Å²) in [6, 6.07) is 8.44. The van der Waals surface area contributed by atoms with Crippen molar-refractivity contribution in [2.24, 2.45) is 5.92 Å². The Kier molecular flexibility index (Phi) is 6.75. The monoisotopic (exact) mass is 409 g/mol. The average Bonchev–Trinajstić information content (AvgIpc) is 3.46. The number of pyridine rings is 1. The first kappa shape index (κ1) is 21.8. The summed E-state index contributed by atoms with van der Waals surface area (Å²) in [5.74, 6) is 0.361. The molecule has 1 saturated carbocycles. The van der Waals surface area contributed by atoms with Crippen molar-refractivity contribution in [1.82, 2.24) is 15.6 Å². The van der Waals surface area contributed by atoms with Crippen LogP contribution in [0.5, 0.6) is 0 Å². The Hall–Kier alpha value is -2.89. The van der Waals surface area contributed by atoms with E-state index in [2.05, 4.69) is 24.5 Å². The molecule has 3 N–H and O–H groups in total. The number of aromatic nitrogens is 1. The molecule has 1 heterocycles. The zero-order chi connectivity index (χ0) is 21.8. The Labute approximate surface area is 178 Å². The van der Waals surface area contributed by atoms with Gasteiger partial charge in [-0.2, -0.15) is 0 Å². The van der Waals surface area contributed by atoms with Gasteiger partial charge in [-0.05, 0) is 55.7 Å². The normalized spacial score (nSPS) is 13.4. The molecule has 0 unspecified atom stereocenters. The summed E-state index contributed by atoms with van der Waals surface area (Å²) in [6.45, 7) is 8.37. The van der Waals surface area contributed by atoms with E-state index in [0.29, 0.717) is 12.0 Å². The number of carbonyl (C=O) groups is 2. The number of benzene rings is 1. The van der Waals surface area contributed by atoms with Crippen LogP contribution in [0.2, 0.25) is 0 Å². The Morgan fingerprint density at radius 2 is 1.80 bits per heavy atom. The van der Waals surface area contributed by atoms with Gasteiger partial charge in [-0.1, -0.05) is 43.7 Å². The number of aryl methyl sites for hydroxylation is 2. The van der Waals surface area contributed by atoms with Gasteiger partial charge in [0, 0.05) is 29.5 Å². The Balaban J connectivity index is 2.14. The molecule has 1 aromatic carbocycles. The highest BCUT2D eigenvalue weighted by atomic mass is 16.4. The first-order chi connectivity index (χ1) is 14.2. The van der Waals surface area contributed by atoms with Crippen molar-refractivity contribution in [3.8, 4) is 11.1 Å². The smallest absolute Gasteiger partial charge is 0.404 e. The lowest BCUT2D eigenvalue weighted by atomic mass is 9.88. The van der Waals surface area contributed by atoms with Gasteiger partial charge in [-0.3, -0.25) is 9.78 Å². The van der Waals surface area contributed by atoms with E-state index in [-0.39, 0.29) is 18.9 Å². The van der Waals surface area contributed by atoms with E-state index in [4.69, 9.17) is 4.98 Å². The molecule has 2 aromatic rings. The fraction of sp³-hybridized carbons (Fsp3) is 0.458. The molecule has 30 heavy (non-hydrogen) atoms. The molecule has 0 bridgehead atoms. The van der Waals surface area contributed by atoms with E-state index in [1.54, 1.807) is 0 Å². The number of hydrogen-bond acceptors (Lipinski definition) is 3. The van der Waals surface area contributed by atoms with Crippen molar-refractivity contribution < 1.29 is 14.7 Å². The van der Waals surface area contributed by atoms with E-state index >= 15 is 0 Å². The zero-order valence-corrected chi connectivity index (χ0v) is 18.2. The average molecular weight is 410 g/mol. The number of carboxylic acid groups (broad SMARTS) is 1. The zero-order valence-electron chi connectivity index (χ0n) is 18.2. The largest absolute Gasteiger partial charge is 0.465 e. The second-order valence-electron chi connectivity index (χ2n) is 8.62. The molecule has 1 aromatic heterocycles. The van der Waals surface area contributed by atoms with Gasteiger partial charge in [-0.25, -0.2) is 4.79 Å². The molecule has 1 fully saturated rings. The molecule has 6 nitrogen and oxygen atoms in total. The molecule has 2 amide bonds. The summed E-state index contributed by atoms with van der Waals surface area (Å²) < 4.78 is 0. The molecule has 1 aliphatic rings. The molecule has 3 rings (SSSR count). The number of carbonyl (C=O) groups excluding carboxylic acids is 1. The number of rotatable bonds is 8. The number of hydrogen-bond donors (Lipinski definition) is 3. The fourth-order valence-electron chi connectivity index (χ4n) is 3.71. The second kappa shape index (κ2) is 9.28. The van der Waals surface area contributed by atoms with Crippen molar-refractivity contribution in [1.29, 1.82) is 0 Å². The summed E-state index contributed by atoms with van der Waals surface area (Å²) in [5.41, 5.74) is 6.49. The minimum atomic E-state index is -1.08. The van der Waals surface area contributed by atoms with E-state index in [1.165, 1.54) is 0 Å². The maximum absolute atomic E-state index is 12.6. The van der Waals surface area contributed by atoms with Gasteiger partial charge in [0.2, 0.25) is 5.91 Å². The highest BCUT2D eigenvalue weighted by Gasteiger charge is 2.26. The first-order valence-corrected chi connectivity index (χ1v) is 10.6. The number of amides is 2. The fourth-order valence-corrected chi connectivity index (χ4v) is 3.71. The maximum atomic E-state index is 12.6. The van der Waals surface area contributed by atoms with E-state index in [1.807, 2.05) is 38.1 Å². The van der Waals surface area contributed by atoms with E-state index < -0.39 is 6.09 Å². The van der Waals surface area contributed by atoms with Crippen molar-refractivity contribution >= 4 is 12.0 Å². The van der Waals surface area contributed by atoms with Crippen LogP contribution >= 0.6 is 0 Å². The van der Waals surface area contributed by atoms with Crippen molar-refractivity contribution in [2.75, 3.05) is 0 Å². The molecule has 0 saturated heterocycles. The molecule has 0 radical (unpaired) electrons. The predicted molar refractivity (Wildman–Crippen MR) is 117 cm³/mol. The van der Waals surface area contributed by atoms with E-state index in [9.17, 15) is 14.7 Å². The van der Waals surface area contributed by atoms with Gasteiger partial charge < -0.3 is 15.7 Å². The maximum Gasteiger partial charge on any atom is 0.404 e. The Morgan fingerprint density at radius 1 is 1.13 bits per heavy atom. The molecular formula is C24H31N3O3. The third-order valence-corrected chi connectivity index (χ3v) is 5.33. The van der Waals surface area contributed by atoms with Crippen molar-refractivity contribution in [3.05, 3.63) is 52.3 Å². The summed E-state index contributed by atoms with van der Waals surface area (Å²) >= 11 is 0. The summed E-state index contributed by atoms with van der Waals surface area (Å²) in [5, 5.41) is 14.8. The van der Waals surface area contributed by atoms with Crippen LogP contribution < -0.4 is 10.6 Å². The third-order valence-electron chi connectivity index (χ3n) is 5.33. The first-order valence-electron chi connectivity index (χ1n) is 10.6. The van der Waals surface area contributed by atoms with Crippen LogP contribution in [0, 0.1) is 19.8 Å². The van der Waals surface area contributed by atoms with Crippen LogP contribution in [0.3, 0.4) is 0 Å². The van der Waals surface area contributed by atoms with Crippen LogP contribution in [-0.4, -0.2) is 28.1 Å². The van der Waals surface area contributed by atoms with Gasteiger partial charge in [0.15, 0.2) is 0 Å². The molecule has 0 spiro atoms. The second-order valence-corrected chi connectivity index (χ2v) is 8.62.